The Morgan fingerprint density at radius 3 is 2.43 bits per heavy atom. The number of hydrogen-bond acceptors (Lipinski definition) is 4. The summed E-state index contributed by atoms with van der Waals surface area (Å²) < 4.78 is 5.50. The van der Waals surface area contributed by atoms with Gasteiger partial charge in [-0.1, -0.05) is 64.3 Å². The highest BCUT2D eigenvalue weighted by Gasteiger charge is 2.30. The molecule has 4 rings (SSSR count). The van der Waals surface area contributed by atoms with Crippen LogP contribution in [0.15, 0.2) is 65.0 Å². The molecule has 156 valence electrons. The van der Waals surface area contributed by atoms with Gasteiger partial charge in [0.2, 0.25) is 0 Å². The van der Waals surface area contributed by atoms with Crippen LogP contribution in [0.2, 0.25) is 5.02 Å². The van der Waals surface area contributed by atoms with Gasteiger partial charge in [-0.2, -0.15) is 4.98 Å². The van der Waals surface area contributed by atoms with E-state index < -0.39 is 0 Å². The number of halogens is 1. The molecule has 1 unspecified atom stereocenters. The van der Waals surface area contributed by atoms with Crippen LogP contribution in [-0.2, 0) is 0 Å². The van der Waals surface area contributed by atoms with Crippen molar-refractivity contribution < 1.29 is 4.52 Å². The van der Waals surface area contributed by atoms with Crippen LogP contribution in [-0.4, -0.2) is 29.1 Å². The molecule has 1 atom stereocenters. The summed E-state index contributed by atoms with van der Waals surface area (Å²) >= 11 is 6.11. The molecule has 1 aliphatic carbocycles. The van der Waals surface area contributed by atoms with Crippen LogP contribution in [0.5, 0.6) is 0 Å². The number of allylic oxidation sites excluding steroid dienone is 1. The average molecular weight is 422 g/mol. The van der Waals surface area contributed by atoms with Crippen molar-refractivity contribution in [3.05, 3.63) is 88.0 Å². The summed E-state index contributed by atoms with van der Waals surface area (Å²) in [5.41, 5.74) is 6.25. The van der Waals surface area contributed by atoms with E-state index in [1.54, 1.807) is 0 Å². The summed E-state index contributed by atoms with van der Waals surface area (Å²) in [5, 5.41) is 4.65. The zero-order chi connectivity index (χ0) is 21.1. The molecule has 3 aromatic rings. The van der Waals surface area contributed by atoms with E-state index in [2.05, 4.69) is 72.5 Å². The van der Waals surface area contributed by atoms with Gasteiger partial charge in [-0.05, 0) is 75.9 Å². The highest BCUT2D eigenvalue weighted by molar-refractivity contribution is 6.30. The number of benzene rings is 2. The number of hydrogen-bond donors (Lipinski definition) is 0. The topological polar surface area (TPSA) is 42.2 Å². The van der Waals surface area contributed by atoms with Gasteiger partial charge in [0.1, 0.15) is 0 Å². The van der Waals surface area contributed by atoms with E-state index in [0.717, 1.165) is 41.8 Å². The SMILES string of the molecule is Cc1cccc(C(=C2CCC(C(c3ccc(Cl)cc3)N(C)C)CC2)c2ncno2)c1. The average Bonchev–Trinajstić information content (AvgIpc) is 3.25. The first-order chi connectivity index (χ1) is 14.5. The first-order valence-electron chi connectivity index (χ1n) is 10.5. The maximum Gasteiger partial charge on any atom is 0.258 e. The van der Waals surface area contributed by atoms with Crippen molar-refractivity contribution in [2.75, 3.05) is 14.1 Å². The molecule has 0 spiro atoms. The Hall–Kier alpha value is -2.43. The minimum atomic E-state index is 0.384. The molecule has 0 saturated heterocycles. The van der Waals surface area contributed by atoms with Crippen LogP contribution < -0.4 is 0 Å². The van der Waals surface area contributed by atoms with Crippen LogP contribution in [0.25, 0.3) is 5.57 Å². The zero-order valence-electron chi connectivity index (χ0n) is 17.8. The molecule has 0 amide bonds. The molecular formula is C25H28ClN3O. The maximum atomic E-state index is 6.11. The summed E-state index contributed by atoms with van der Waals surface area (Å²) in [4.78, 5) is 6.72. The third-order valence-corrected chi connectivity index (χ3v) is 6.34. The van der Waals surface area contributed by atoms with Crippen LogP contribution in [0.3, 0.4) is 0 Å². The van der Waals surface area contributed by atoms with Crippen LogP contribution in [0.1, 0.15) is 54.3 Å². The molecule has 0 bridgehead atoms. The van der Waals surface area contributed by atoms with Crippen LogP contribution >= 0.6 is 11.6 Å². The van der Waals surface area contributed by atoms with Crippen LogP contribution in [0, 0.1) is 12.8 Å². The fraction of sp³-hybridized carbons (Fsp3) is 0.360. The summed E-state index contributed by atoms with van der Waals surface area (Å²) in [6.07, 6.45) is 5.82. The van der Waals surface area contributed by atoms with E-state index in [4.69, 9.17) is 16.1 Å². The van der Waals surface area contributed by atoms with Crippen molar-refractivity contribution in [3.8, 4) is 0 Å². The molecule has 1 saturated carbocycles. The van der Waals surface area contributed by atoms with Gasteiger partial charge in [-0.15, -0.1) is 0 Å². The van der Waals surface area contributed by atoms with Gasteiger partial charge in [0, 0.05) is 16.6 Å². The summed E-state index contributed by atoms with van der Waals surface area (Å²) in [6, 6.07) is 17.2. The molecule has 0 aliphatic heterocycles. The lowest BCUT2D eigenvalue weighted by atomic mass is 9.77. The van der Waals surface area contributed by atoms with Crippen LogP contribution in [0.4, 0.5) is 0 Å². The molecule has 1 heterocycles. The standard InChI is InChI=1S/C25H28ClN3O/c1-17-5-4-6-21(15-17)23(25-27-16-28-30-25)18-7-9-19(10-8-18)24(29(2)3)20-11-13-22(26)14-12-20/h4-6,11-16,19,24H,7-10H2,1-3H3. The Morgan fingerprint density at radius 2 is 1.83 bits per heavy atom. The van der Waals surface area contributed by atoms with Gasteiger partial charge in [-0.25, -0.2) is 0 Å². The van der Waals surface area contributed by atoms with E-state index in [1.165, 1.54) is 23.0 Å². The Kier molecular flexibility index (Phi) is 6.35. The van der Waals surface area contributed by atoms with Gasteiger partial charge >= 0.3 is 0 Å². The molecule has 0 radical (unpaired) electrons. The van der Waals surface area contributed by atoms with E-state index in [-0.39, 0.29) is 0 Å². The lowest BCUT2D eigenvalue weighted by Crippen LogP contribution is -2.29. The molecular weight excluding hydrogens is 394 g/mol. The van der Waals surface area contributed by atoms with Gasteiger partial charge < -0.3 is 9.42 Å². The molecule has 1 fully saturated rings. The molecule has 0 N–H and O–H groups in total. The molecule has 4 nitrogen and oxygen atoms in total. The fourth-order valence-corrected chi connectivity index (χ4v) is 4.89. The Bertz CT molecular complexity index is 999. The van der Waals surface area contributed by atoms with Crippen molar-refractivity contribution in [1.82, 2.24) is 15.0 Å². The van der Waals surface area contributed by atoms with Gasteiger partial charge in [0.25, 0.3) is 5.89 Å². The lowest BCUT2D eigenvalue weighted by molar-refractivity contribution is 0.183. The highest BCUT2D eigenvalue weighted by atomic mass is 35.5. The second-order valence-electron chi connectivity index (χ2n) is 8.39. The summed E-state index contributed by atoms with van der Waals surface area (Å²) in [5.74, 6) is 1.21. The molecule has 2 aromatic carbocycles. The number of rotatable bonds is 5. The maximum absolute atomic E-state index is 6.11. The number of nitrogens with zero attached hydrogens (tertiary/aromatic N) is 3. The Morgan fingerprint density at radius 1 is 1.10 bits per heavy atom. The summed E-state index contributed by atoms with van der Waals surface area (Å²) in [7, 11) is 4.34. The molecule has 1 aliphatic rings. The van der Waals surface area contributed by atoms with E-state index in [0.29, 0.717) is 17.9 Å². The quantitative estimate of drug-likeness (QED) is 0.483. The minimum absolute atomic E-state index is 0.384. The van der Waals surface area contributed by atoms with Crippen molar-refractivity contribution >= 4 is 17.2 Å². The predicted octanol–water partition coefficient (Wildman–Crippen LogP) is 6.33. The van der Waals surface area contributed by atoms with E-state index >= 15 is 0 Å². The van der Waals surface area contributed by atoms with Crippen molar-refractivity contribution in [2.24, 2.45) is 5.92 Å². The van der Waals surface area contributed by atoms with Crippen molar-refractivity contribution in [3.63, 3.8) is 0 Å². The largest absolute Gasteiger partial charge is 0.334 e. The third-order valence-electron chi connectivity index (χ3n) is 6.08. The smallest absolute Gasteiger partial charge is 0.258 e. The second kappa shape index (κ2) is 9.15. The second-order valence-corrected chi connectivity index (χ2v) is 8.83. The minimum Gasteiger partial charge on any atom is -0.334 e. The van der Waals surface area contributed by atoms with Gasteiger partial charge in [0.05, 0.1) is 0 Å². The number of aromatic nitrogens is 2. The Labute approximate surface area is 183 Å². The van der Waals surface area contributed by atoms with E-state index in [1.807, 2.05) is 12.1 Å². The third kappa shape index (κ3) is 4.50. The monoisotopic (exact) mass is 421 g/mol. The molecule has 30 heavy (non-hydrogen) atoms. The zero-order valence-corrected chi connectivity index (χ0v) is 18.6. The van der Waals surface area contributed by atoms with Gasteiger partial charge in [0.15, 0.2) is 6.33 Å². The Balaban J connectivity index is 1.62. The summed E-state index contributed by atoms with van der Waals surface area (Å²) in [6.45, 7) is 2.12. The van der Waals surface area contributed by atoms with E-state index in [9.17, 15) is 0 Å². The van der Waals surface area contributed by atoms with Gasteiger partial charge in [-0.3, -0.25) is 0 Å². The van der Waals surface area contributed by atoms with Crippen molar-refractivity contribution in [2.45, 2.75) is 38.6 Å². The van der Waals surface area contributed by atoms with Crippen molar-refractivity contribution in [1.29, 1.82) is 0 Å². The predicted molar refractivity (Wildman–Crippen MR) is 121 cm³/mol. The number of aryl methyl sites for hydroxylation is 1. The highest BCUT2D eigenvalue weighted by Crippen LogP contribution is 2.42. The molecule has 5 heteroatoms. The normalized spacial score (nSPS) is 17.9. The first-order valence-corrected chi connectivity index (χ1v) is 10.9. The fourth-order valence-electron chi connectivity index (χ4n) is 4.77. The first kappa shape index (κ1) is 20.8. The lowest BCUT2D eigenvalue weighted by Gasteiger charge is -2.36. The molecule has 1 aromatic heterocycles.